The number of benzene rings is 2. The van der Waals surface area contributed by atoms with Crippen molar-refractivity contribution >= 4 is 5.69 Å². The molecule has 2 aromatic carbocycles. The molecular formula is C22H24N4O4. The lowest BCUT2D eigenvalue weighted by Gasteiger charge is -2.28. The fourth-order valence-corrected chi connectivity index (χ4v) is 3.52. The molecule has 1 heterocycles. The van der Waals surface area contributed by atoms with E-state index in [0.29, 0.717) is 35.8 Å². The average Bonchev–Trinajstić information content (AvgIpc) is 3.52. The molecule has 1 fully saturated rings. The Balaban J connectivity index is 1.49. The largest absolute Gasteiger partial charge is 0.497 e. The van der Waals surface area contributed by atoms with E-state index in [1.807, 2.05) is 12.1 Å². The second-order valence-electron chi connectivity index (χ2n) is 7.64. The number of nitro groups is 1. The van der Waals surface area contributed by atoms with Crippen LogP contribution in [0, 0.1) is 16.0 Å². The third-order valence-corrected chi connectivity index (χ3v) is 5.56. The number of hydrogen-bond donors (Lipinski definition) is 0. The zero-order chi connectivity index (χ0) is 21.1. The molecule has 0 spiro atoms. The van der Waals surface area contributed by atoms with Crippen LogP contribution >= 0.6 is 0 Å². The highest BCUT2D eigenvalue weighted by molar-refractivity contribution is 5.55. The molecule has 0 aliphatic heterocycles. The number of aromatic nitrogens is 2. The first kappa shape index (κ1) is 20.0. The molecule has 1 aliphatic carbocycles. The van der Waals surface area contributed by atoms with E-state index in [1.165, 1.54) is 30.5 Å². The van der Waals surface area contributed by atoms with Gasteiger partial charge in [0.15, 0.2) is 0 Å². The summed E-state index contributed by atoms with van der Waals surface area (Å²) in [6.07, 6.45) is 2.50. The maximum absolute atomic E-state index is 10.8. The third kappa shape index (κ3) is 4.65. The van der Waals surface area contributed by atoms with Crippen LogP contribution < -0.4 is 4.74 Å². The molecule has 0 bridgehead atoms. The summed E-state index contributed by atoms with van der Waals surface area (Å²) < 4.78 is 11.1. The van der Waals surface area contributed by atoms with Gasteiger partial charge in [-0.2, -0.15) is 0 Å². The highest BCUT2D eigenvalue weighted by Crippen LogP contribution is 2.36. The van der Waals surface area contributed by atoms with Crippen LogP contribution in [-0.2, 0) is 13.1 Å². The summed E-state index contributed by atoms with van der Waals surface area (Å²) in [6, 6.07) is 14.6. The quantitative estimate of drug-likeness (QED) is 0.381. The van der Waals surface area contributed by atoms with Gasteiger partial charge in [-0.25, -0.2) is 0 Å². The molecule has 0 saturated heterocycles. The standard InChI is InChI=1S/C22H24N4O4/c1-15(17-5-6-17)25(13-16-3-11-20(29-2)12-4-16)14-21-23-24-22(30-21)18-7-9-19(10-8-18)26(27)28/h3-4,7-12,15,17H,5-6,13-14H2,1-2H3. The lowest BCUT2D eigenvalue weighted by Crippen LogP contribution is -2.33. The molecule has 8 nitrogen and oxygen atoms in total. The Morgan fingerprint density at radius 2 is 1.83 bits per heavy atom. The Labute approximate surface area is 174 Å². The monoisotopic (exact) mass is 408 g/mol. The van der Waals surface area contributed by atoms with Crippen molar-refractivity contribution in [2.45, 2.75) is 38.9 Å². The molecule has 1 unspecified atom stereocenters. The first-order valence-corrected chi connectivity index (χ1v) is 9.97. The molecule has 1 saturated carbocycles. The second kappa shape index (κ2) is 8.62. The van der Waals surface area contributed by atoms with Crippen molar-refractivity contribution in [2.75, 3.05) is 7.11 Å². The van der Waals surface area contributed by atoms with Crippen LogP contribution in [0.5, 0.6) is 5.75 Å². The van der Waals surface area contributed by atoms with Gasteiger partial charge in [0.1, 0.15) is 5.75 Å². The molecule has 30 heavy (non-hydrogen) atoms. The zero-order valence-electron chi connectivity index (χ0n) is 17.0. The number of methoxy groups -OCH3 is 1. The first-order chi connectivity index (χ1) is 14.5. The zero-order valence-corrected chi connectivity index (χ0v) is 17.0. The Hall–Kier alpha value is -3.26. The van der Waals surface area contributed by atoms with E-state index in [-0.39, 0.29) is 5.69 Å². The van der Waals surface area contributed by atoms with Crippen LogP contribution in [-0.4, -0.2) is 33.2 Å². The van der Waals surface area contributed by atoms with Gasteiger partial charge in [0.05, 0.1) is 18.6 Å². The van der Waals surface area contributed by atoms with E-state index in [1.54, 1.807) is 19.2 Å². The Kier molecular flexibility index (Phi) is 5.76. The Morgan fingerprint density at radius 1 is 1.13 bits per heavy atom. The van der Waals surface area contributed by atoms with E-state index in [0.717, 1.165) is 12.3 Å². The van der Waals surface area contributed by atoms with Crippen LogP contribution in [0.15, 0.2) is 52.9 Å². The molecule has 0 radical (unpaired) electrons. The Bertz CT molecular complexity index is 997. The van der Waals surface area contributed by atoms with Gasteiger partial charge in [0, 0.05) is 30.3 Å². The third-order valence-electron chi connectivity index (χ3n) is 5.56. The fraction of sp³-hybridized carbons (Fsp3) is 0.364. The first-order valence-electron chi connectivity index (χ1n) is 9.97. The second-order valence-corrected chi connectivity index (χ2v) is 7.64. The van der Waals surface area contributed by atoms with Crippen molar-refractivity contribution in [3.05, 3.63) is 70.1 Å². The van der Waals surface area contributed by atoms with Crippen LogP contribution in [0.3, 0.4) is 0 Å². The summed E-state index contributed by atoms with van der Waals surface area (Å²) in [6.45, 7) is 3.56. The molecule has 8 heteroatoms. The molecule has 4 rings (SSSR count). The number of rotatable bonds is 9. The van der Waals surface area contributed by atoms with E-state index in [2.05, 4.69) is 34.2 Å². The lowest BCUT2D eigenvalue weighted by molar-refractivity contribution is -0.384. The summed E-state index contributed by atoms with van der Waals surface area (Å²) in [4.78, 5) is 12.7. The number of non-ortho nitro benzene ring substituents is 1. The molecule has 1 atom stereocenters. The van der Waals surface area contributed by atoms with Gasteiger partial charge in [0.25, 0.3) is 5.69 Å². The number of ether oxygens (including phenoxy) is 1. The normalized spacial score (nSPS) is 14.6. The molecule has 0 amide bonds. The van der Waals surface area contributed by atoms with E-state index in [9.17, 15) is 10.1 Å². The van der Waals surface area contributed by atoms with Crippen LogP contribution in [0.2, 0.25) is 0 Å². The van der Waals surface area contributed by atoms with Crippen LogP contribution in [0.4, 0.5) is 5.69 Å². The predicted octanol–water partition coefficient (Wildman–Crippen LogP) is 4.45. The summed E-state index contributed by atoms with van der Waals surface area (Å²) in [5.41, 5.74) is 1.89. The van der Waals surface area contributed by atoms with Crippen LogP contribution in [0.1, 0.15) is 31.2 Å². The number of nitrogens with zero attached hydrogens (tertiary/aromatic N) is 4. The summed E-state index contributed by atoms with van der Waals surface area (Å²) in [5, 5.41) is 19.2. The summed E-state index contributed by atoms with van der Waals surface area (Å²) in [5.74, 6) is 2.43. The molecule has 156 valence electrons. The SMILES string of the molecule is COc1ccc(CN(Cc2nnc(-c3ccc([N+](=O)[O-])cc3)o2)C(C)C2CC2)cc1. The van der Waals surface area contributed by atoms with Crippen molar-refractivity contribution in [3.8, 4) is 17.2 Å². The molecule has 3 aromatic rings. The highest BCUT2D eigenvalue weighted by atomic mass is 16.6. The van der Waals surface area contributed by atoms with E-state index < -0.39 is 4.92 Å². The lowest BCUT2D eigenvalue weighted by atomic mass is 10.1. The van der Waals surface area contributed by atoms with Crippen molar-refractivity contribution < 1.29 is 14.1 Å². The topological polar surface area (TPSA) is 94.5 Å². The summed E-state index contributed by atoms with van der Waals surface area (Å²) in [7, 11) is 1.66. The maximum atomic E-state index is 10.8. The smallest absolute Gasteiger partial charge is 0.269 e. The van der Waals surface area contributed by atoms with Gasteiger partial charge in [-0.15, -0.1) is 10.2 Å². The van der Waals surface area contributed by atoms with E-state index in [4.69, 9.17) is 9.15 Å². The van der Waals surface area contributed by atoms with Gasteiger partial charge in [-0.05, 0) is 55.5 Å². The Morgan fingerprint density at radius 3 is 2.43 bits per heavy atom. The average molecular weight is 408 g/mol. The maximum Gasteiger partial charge on any atom is 0.269 e. The van der Waals surface area contributed by atoms with Crippen molar-refractivity contribution in [3.63, 3.8) is 0 Å². The highest BCUT2D eigenvalue weighted by Gasteiger charge is 2.32. The van der Waals surface area contributed by atoms with Gasteiger partial charge in [-0.1, -0.05) is 12.1 Å². The number of hydrogen-bond acceptors (Lipinski definition) is 7. The minimum absolute atomic E-state index is 0.0300. The van der Waals surface area contributed by atoms with Gasteiger partial charge in [-0.3, -0.25) is 15.0 Å². The van der Waals surface area contributed by atoms with Crippen LogP contribution in [0.25, 0.3) is 11.5 Å². The van der Waals surface area contributed by atoms with Gasteiger partial charge in [0.2, 0.25) is 11.8 Å². The van der Waals surface area contributed by atoms with E-state index >= 15 is 0 Å². The molecular weight excluding hydrogens is 384 g/mol. The van der Waals surface area contributed by atoms with Gasteiger partial charge < -0.3 is 9.15 Å². The minimum Gasteiger partial charge on any atom is -0.497 e. The molecule has 0 N–H and O–H groups in total. The van der Waals surface area contributed by atoms with Crippen molar-refractivity contribution in [1.29, 1.82) is 0 Å². The molecule has 1 aromatic heterocycles. The fourth-order valence-electron chi connectivity index (χ4n) is 3.52. The van der Waals surface area contributed by atoms with Crippen molar-refractivity contribution in [2.24, 2.45) is 5.92 Å². The minimum atomic E-state index is -0.431. The molecule has 1 aliphatic rings. The summed E-state index contributed by atoms with van der Waals surface area (Å²) >= 11 is 0. The predicted molar refractivity (Wildman–Crippen MR) is 111 cm³/mol. The van der Waals surface area contributed by atoms with Crippen molar-refractivity contribution in [1.82, 2.24) is 15.1 Å². The van der Waals surface area contributed by atoms with Gasteiger partial charge >= 0.3 is 0 Å². The number of nitro benzene ring substituents is 1.